The molecule has 0 saturated carbocycles. The van der Waals surface area contributed by atoms with E-state index in [1.54, 1.807) is 37.7 Å². The summed E-state index contributed by atoms with van der Waals surface area (Å²) in [6.07, 6.45) is 11.3. The normalized spacial score (nSPS) is 16.4. The number of aromatic nitrogens is 4. The van der Waals surface area contributed by atoms with E-state index in [-0.39, 0.29) is 34.0 Å². The summed E-state index contributed by atoms with van der Waals surface area (Å²) in [5, 5.41) is 19.9. The van der Waals surface area contributed by atoms with Crippen LogP contribution in [0.25, 0.3) is 27.0 Å². The van der Waals surface area contributed by atoms with Gasteiger partial charge in [0, 0.05) is 66.7 Å². The van der Waals surface area contributed by atoms with Gasteiger partial charge in [-0.05, 0) is 56.0 Å². The Balaban J connectivity index is 1.39. The van der Waals surface area contributed by atoms with Crippen molar-refractivity contribution in [2.24, 2.45) is 7.05 Å². The second kappa shape index (κ2) is 10.9. The van der Waals surface area contributed by atoms with Crippen LogP contribution < -0.4 is 21.8 Å². The van der Waals surface area contributed by atoms with Gasteiger partial charge in [0.05, 0.1) is 11.8 Å². The van der Waals surface area contributed by atoms with E-state index in [2.05, 4.69) is 25.6 Å². The van der Waals surface area contributed by atoms with E-state index in [4.69, 9.17) is 5.41 Å². The zero-order valence-corrected chi connectivity index (χ0v) is 23.7. The van der Waals surface area contributed by atoms with Crippen molar-refractivity contribution in [1.82, 2.24) is 29.5 Å². The number of aryl methyl sites for hydroxylation is 3. The summed E-state index contributed by atoms with van der Waals surface area (Å²) in [4.78, 5) is 46.8. The number of likely N-dealkylation sites (N-methyl/N-ethyl adjacent to an activating group) is 1. The Kier molecular flexibility index (Phi) is 7.10. The number of fused-ring (bicyclic) bond motifs is 3. The van der Waals surface area contributed by atoms with Crippen molar-refractivity contribution in [3.8, 4) is 16.9 Å². The van der Waals surface area contributed by atoms with Crippen molar-refractivity contribution in [3.63, 3.8) is 0 Å². The number of nitrogens with zero attached hydrogens (tertiary/aromatic N) is 5. The summed E-state index contributed by atoms with van der Waals surface area (Å²) >= 11 is 1.51. The Morgan fingerprint density at radius 3 is 2.83 bits per heavy atom. The molecule has 4 aromatic rings. The summed E-state index contributed by atoms with van der Waals surface area (Å²) in [6, 6.07) is 3.27. The second-order valence-electron chi connectivity index (χ2n) is 10.5. The van der Waals surface area contributed by atoms with Gasteiger partial charge < -0.3 is 15.2 Å². The van der Waals surface area contributed by atoms with Gasteiger partial charge in [-0.3, -0.25) is 24.7 Å². The van der Waals surface area contributed by atoms with E-state index in [0.717, 1.165) is 49.9 Å². The highest BCUT2D eigenvalue weighted by Crippen LogP contribution is 2.34. The predicted molar refractivity (Wildman–Crippen MR) is 161 cm³/mol. The number of anilines is 1. The lowest BCUT2D eigenvalue weighted by Crippen LogP contribution is -2.40. The Hall–Kier alpha value is -4.42. The van der Waals surface area contributed by atoms with Crippen LogP contribution >= 0.6 is 11.3 Å². The number of piperazine rings is 1. The molecular weight excluding hydrogens is 540 g/mol. The molecule has 6 rings (SSSR count). The standard InChI is InChI=1S/C29H30N8O3S/c1-35-10-9-31-18(15-35)12-25(30)34-23-11-17(14-36(2)28(23)39)19-7-8-32-27(22(19)16-38)37-29(40)26-21(13-33-37)20-5-3-4-6-24(20)41-26/h7-8,11-14,16,31H,3-6,9-10,15H2,1-2H3,(H2,30,34)/b18-12-. The minimum absolute atomic E-state index is 0.0609. The first-order chi connectivity index (χ1) is 19.8. The van der Waals surface area contributed by atoms with Gasteiger partial charge in [-0.25, -0.2) is 4.98 Å². The fourth-order valence-electron chi connectivity index (χ4n) is 5.53. The molecule has 0 radical (unpaired) electrons. The SMILES string of the molecule is CN1CCN/C(=C\C(=N)Nc2cc(-c3ccnc(-n4ncc5c6c(sc5c4=O)CCCC6)c3C=O)cn(C)c2=O)C1. The van der Waals surface area contributed by atoms with Crippen molar-refractivity contribution < 1.29 is 4.79 Å². The van der Waals surface area contributed by atoms with Gasteiger partial charge in [-0.15, -0.1) is 11.3 Å². The monoisotopic (exact) mass is 570 g/mol. The zero-order valence-electron chi connectivity index (χ0n) is 22.9. The lowest BCUT2D eigenvalue weighted by atomic mass is 9.97. The third-order valence-electron chi connectivity index (χ3n) is 7.56. The highest BCUT2D eigenvalue weighted by Gasteiger charge is 2.22. The van der Waals surface area contributed by atoms with Crippen molar-refractivity contribution in [2.45, 2.75) is 25.7 Å². The van der Waals surface area contributed by atoms with Crippen LogP contribution in [0.15, 0.2) is 52.1 Å². The molecule has 0 unspecified atom stereocenters. The Bertz CT molecular complexity index is 1850. The maximum atomic E-state index is 13.6. The molecule has 1 fully saturated rings. The van der Waals surface area contributed by atoms with Gasteiger partial charge in [0.1, 0.15) is 16.2 Å². The van der Waals surface area contributed by atoms with Crippen LogP contribution in [-0.4, -0.2) is 63.0 Å². The van der Waals surface area contributed by atoms with E-state index < -0.39 is 0 Å². The maximum Gasteiger partial charge on any atom is 0.290 e. The molecule has 0 bridgehead atoms. The molecule has 3 N–H and O–H groups in total. The van der Waals surface area contributed by atoms with Gasteiger partial charge in [-0.1, -0.05) is 0 Å². The summed E-state index contributed by atoms with van der Waals surface area (Å²) in [7, 11) is 3.62. The summed E-state index contributed by atoms with van der Waals surface area (Å²) in [6.45, 7) is 2.38. The number of hydrogen-bond acceptors (Lipinski definition) is 9. The number of aldehydes is 1. The Morgan fingerprint density at radius 2 is 2.02 bits per heavy atom. The molecule has 2 aliphatic rings. The number of carbonyl (C=O) groups excluding carboxylic acids is 1. The number of nitrogens with one attached hydrogen (secondary N) is 3. The highest BCUT2D eigenvalue weighted by atomic mass is 32.1. The third kappa shape index (κ3) is 5.00. The van der Waals surface area contributed by atoms with Gasteiger partial charge >= 0.3 is 0 Å². The minimum Gasteiger partial charge on any atom is -0.386 e. The molecule has 41 heavy (non-hydrogen) atoms. The fourth-order valence-corrected chi connectivity index (χ4v) is 6.82. The average molecular weight is 571 g/mol. The molecule has 210 valence electrons. The number of rotatable bonds is 5. The number of hydrogen-bond donors (Lipinski definition) is 3. The molecule has 11 nitrogen and oxygen atoms in total. The fraction of sp³-hybridized carbons (Fsp3) is 0.310. The van der Waals surface area contributed by atoms with Crippen LogP contribution in [-0.2, 0) is 19.9 Å². The van der Waals surface area contributed by atoms with Crippen molar-refractivity contribution in [3.05, 3.63) is 79.2 Å². The number of carbonyl (C=O) groups is 1. The Morgan fingerprint density at radius 1 is 1.20 bits per heavy atom. The zero-order chi connectivity index (χ0) is 28.7. The summed E-state index contributed by atoms with van der Waals surface area (Å²) in [5.41, 5.74) is 2.88. The van der Waals surface area contributed by atoms with Gasteiger partial charge in [-0.2, -0.15) is 9.78 Å². The molecule has 0 amide bonds. The molecule has 4 aromatic heterocycles. The quantitative estimate of drug-likeness (QED) is 0.189. The third-order valence-corrected chi connectivity index (χ3v) is 8.85. The minimum atomic E-state index is -0.322. The largest absolute Gasteiger partial charge is 0.386 e. The van der Waals surface area contributed by atoms with Crippen LogP contribution in [0.4, 0.5) is 5.69 Å². The molecular formula is C29H30N8O3S. The number of pyridine rings is 2. The van der Waals surface area contributed by atoms with Crippen LogP contribution in [0.5, 0.6) is 0 Å². The van der Waals surface area contributed by atoms with Crippen LogP contribution in [0.1, 0.15) is 33.6 Å². The van der Waals surface area contributed by atoms with Crippen LogP contribution in [0.2, 0.25) is 0 Å². The van der Waals surface area contributed by atoms with E-state index >= 15 is 0 Å². The molecule has 1 saturated heterocycles. The average Bonchev–Trinajstić information content (AvgIpc) is 3.35. The van der Waals surface area contributed by atoms with E-state index in [0.29, 0.717) is 28.7 Å². The van der Waals surface area contributed by atoms with Crippen molar-refractivity contribution in [2.75, 3.05) is 32.0 Å². The smallest absolute Gasteiger partial charge is 0.290 e. The van der Waals surface area contributed by atoms with Gasteiger partial charge in [0.15, 0.2) is 12.1 Å². The molecule has 1 aliphatic carbocycles. The van der Waals surface area contributed by atoms with Crippen molar-refractivity contribution in [1.29, 1.82) is 5.41 Å². The molecule has 1 aliphatic heterocycles. The Labute approximate surface area is 239 Å². The number of thiophene rings is 1. The first-order valence-corrected chi connectivity index (χ1v) is 14.3. The topological polar surface area (TPSA) is 138 Å². The van der Waals surface area contributed by atoms with Gasteiger partial charge in [0.25, 0.3) is 11.1 Å². The van der Waals surface area contributed by atoms with E-state index in [1.165, 1.54) is 37.2 Å². The predicted octanol–water partition coefficient (Wildman–Crippen LogP) is 2.71. The first-order valence-electron chi connectivity index (χ1n) is 13.5. The number of amidine groups is 1. The van der Waals surface area contributed by atoms with Gasteiger partial charge in [0.2, 0.25) is 0 Å². The maximum absolute atomic E-state index is 13.6. The van der Waals surface area contributed by atoms with E-state index in [1.807, 2.05) is 7.05 Å². The van der Waals surface area contributed by atoms with Crippen LogP contribution in [0.3, 0.4) is 0 Å². The van der Waals surface area contributed by atoms with E-state index in [9.17, 15) is 14.4 Å². The highest BCUT2D eigenvalue weighted by molar-refractivity contribution is 7.19. The molecule has 0 spiro atoms. The van der Waals surface area contributed by atoms with Crippen molar-refractivity contribution >= 4 is 39.2 Å². The lowest BCUT2D eigenvalue weighted by Gasteiger charge is -2.26. The van der Waals surface area contributed by atoms with Crippen LogP contribution in [0, 0.1) is 5.41 Å². The molecule has 5 heterocycles. The molecule has 0 atom stereocenters. The second-order valence-corrected chi connectivity index (χ2v) is 11.6. The summed E-state index contributed by atoms with van der Waals surface area (Å²) < 4.78 is 3.21. The molecule has 12 heteroatoms. The summed E-state index contributed by atoms with van der Waals surface area (Å²) in [5.74, 6) is 0.190. The lowest BCUT2D eigenvalue weighted by molar-refractivity contribution is 0.112. The molecule has 0 aromatic carbocycles. The first kappa shape index (κ1) is 26.8.